The van der Waals surface area contributed by atoms with Crippen LogP contribution in [-0.2, 0) is 9.47 Å². The van der Waals surface area contributed by atoms with Gasteiger partial charge in [0.05, 0.1) is 18.3 Å². The predicted molar refractivity (Wildman–Crippen MR) is 82.2 cm³/mol. The molecule has 1 rings (SSSR count). The number of halogens is 1. The molecule has 0 aromatic heterocycles. The van der Waals surface area contributed by atoms with Crippen molar-refractivity contribution in [2.75, 3.05) is 13.7 Å². The molecular formula is C15H24BrNO2. The third-order valence-electron chi connectivity index (χ3n) is 3.21. The molecule has 0 aliphatic heterocycles. The zero-order valence-electron chi connectivity index (χ0n) is 12.2. The van der Waals surface area contributed by atoms with Crippen molar-refractivity contribution in [3.05, 3.63) is 34.3 Å². The molecule has 0 radical (unpaired) electrons. The molecule has 19 heavy (non-hydrogen) atoms. The van der Waals surface area contributed by atoms with E-state index in [9.17, 15) is 0 Å². The molecule has 108 valence electrons. The number of ether oxygens (including phenoxy) is 2. The van der Waals surface area contributed by atoms with Crippen molar-refractivity contribution >= 4 is 15.9 Å². The summed E-state index contributed by atoms with van der Waals surface area (Å²) in [5, 5.41) is 0. The Labute approximate surface area is 124 Å². The van der Waals surface area contributed by atoms with E-state index in [2.05, 4.69) is 35.8 Å². The average Bonchev–Trinajstić information content (AvgIpc) is 2.34. The Kier molecular flexibility index (Phi) is 6.47. The van der Waals surface area contributed by atoms with E-state index in [0.29, 0.717) is 6.61 Å². The highest BCUT2D eigenvalue weighted by atomic mass is 79.9. The van der Waals surface area contributed by atoms with Crippen molar-refractivity contribution in [3.63, 3.8) is 0 Å². The molecule has 2 atom stereocenters. The summed E-state index contributed by atoms with van der Waals surface area (Å²) in [6.45, 7) is 6.69. The van der Waals surface area contributed by atoms with Crippen molar-refractivity contribution in [2.45, 2.75) is 44.9 Å². The maximum Gasteiger partial charge on any atom is 0.0973 e. The predicted octanol–water partition coefficient (Wildman–Crippen LogP) is 3.67. The Bertz CT molecular complexity index is 393. The topological polar surface area (TPSA) is 44.5 Å². The highest BCUT2D eigenvalue weighted by Gasteiger charge is 2.20. The van der Waals surface area contributed by atoms with Crippen LogP contribution < -0.4 is 5.73 Å². The lowest BCUT2D eigenvalue weighted by molar-refractivity contribution is -0.0317. The SMILES string of the molecule is COC(C)(C)CCOC(c1cccc(Br)c1)C(C)N. The summed E-state index contributed by atoms with van der Waals surface area (Å²) in [6, 6.07) is 8.03. The molecule has 0 aliphatic carbocycles. The van der Waals surface area contributed by atoms with Crippen molar-refractivity contribution < 1.29 is 9.47 Å². The second kappa shape index (κ2) is 7.39. The summed E-state index contributed by atoms with van der Waals surface area (Å²) in [5.41, 5.74) is 6.96. The Balaban J connectivity index is 2.64. The molecule has 4 heteroatoms. The van der Waals surface area contributed by atoms with Crippen LogP contribution in [0.3, 0.4) is 0 Å². The first kappa shape index (κ1) is 16.6. The van der Waals surface area contributed by atoms with Gasteiger partial charge >= 0.3 is 0 Å². The third-order valence-corrected chi connectivity index (χ3v) is 3.70. The monoisotopic (exact) mass is 329 g/mol. The summed E-state index contributed by atoms with van der Waals surface area (Å²) in [5.74, 6) is 0. The normalized spacial score (nSPS) is 15.3. The van der Waals surface area contributed by atoms with Crippen LogP contribution in [0.5, 0.6) is 0 Å². The van der Waals surface area contributed by atoms with E-state index in [0.717, 1.165) is 16.5 Å². The molecular weight excluding hydrogens is 306 g/mol. The standard InChI is InChI=1S/C15H24BrNO2/c1-11(17)14(12-6-5-7-13(16)10-12)19-9-8-15(2,3)18-4/h5-7,10-11,14H,8-9,17H2,1-4H3. The minimum absolute atomic E-state index is 0.0556. The van der Waals surface area contributed by atoms with E-state index >= 15 is 0 Å². The fourth-order valence-corrected chi connectivity index (χ4v) is 2.19. The summed E-state index contributed by atoms with van der Waals surface area (Å²) < 4.78 is 12.4. The van der Waals surface area contributed by atoms with Crippen molar-refractivity contribution in [1.29, 1.82) is 0 Å². The van der Waals surface area contributed by atoms with Crippen LogP contribution in [0.25, 0.3) is 0 Å². The molecule has 3 nitrogen and oxygen atoms in total. The fraction of sp³-hybridized carbons (Fsp3) is 0.600. The van der Waals surface area contributed by atoms with E-state index in [1.807, 2.05) is 25.1 Å². The molecule has 0 saturated carbocycles. The molecule has 0 fully saturated rings. The van der Waals surface area contributed by atoms with Gasteiger partial charge < -0.3 is 15.2 Å². The van der Waals surface area contributed by atoms with Crippen LogP contribution in [-0.4, -0.2) is 25.4 Å². The van der Waals surface area contributed by atoms with Crippen molar-refractivity contribution in [3.8, 4) is 0 Å². The summed E-state index contributed by atoms with van der Waals surface area (Å²) in [4.78, 5) is 0. The van der Waals surface area contributed by atoms with Crippen LogP contribution in [0.1, 0.15) is 38.9 Å². The molecule has 0 bridgehead atoms. The summed E-state index contributed by atoms with van der Waals surface area (Å²) in [6.07, 6.45) is 0.742. The largest absolute Gasteiger partial charge is 0.379 e. The van der Waals surface area contributed by atoms with E-state index in [-0.39, 0.29) is 17.7 Å². The zero-order chi connectivity index (χ0) is 14.5. The first-order chi connectivity index (χ1) is 8.85. The lowest BCUT2D eigenvalue weighted by atomic mass is 10.0. The third kappa shape index (κ3) is 5.61. The van der Waals surface area contributed by atoms with Crippen LogP contribution in [0.4, 0.5) is 0 Å². The van der Waals surface area contributed by atoms with Gasteiger partial charge in [-0.15, -0.1) is 0 Å². The molecule has 0 spiro atoms. The zero-order valence-corrected chi connectivity index (χ0v) is 13.7. The second-order valence-corrected chi connectivity index (χ2v) is 6.34. The molecule has 2 unspecified atom stereocenters. The molecule has 0 saturated heterocycles. The highest BCUT2D eigenvalue weighted by Crippen LogP contribution is 2.24. The molecule has 1 aromatic rings. The van der Waals surface area contributed by atoms with Crippen LogP contribution in [0, 0.1) is 0 Å². The number of hydrogen-bond acceptors (Lipinski definition) is 3. The smallest absolute Gasteiger partial charge is 0.0973 e. The second-order valence-electron chi connectivity index (χ2n) is 5.42. The van der Waals surface area contributed by atoms with Gasteiger partial charge in [-0.1, -0.05) is 28.1 Å². The molecule has 0 aliphatic rings. The van der Waals surface area contributed by atoms with Gasteiger partial charge in [-0.3, -0.25) is 0 Å². The van der Waals surface area contributed by atoms with Gasteiger partial charge in [0.15, 0.2) is 0 Å². The fourth-order valence-electron chi connectivity index (χ4n) is 1.77. The maximum atomic E-state index is 6.03. The van der Waals surface area contributed by atoms with E-state index in [1.54, 1.807) is 7.11 Å². The van der Waals surface area contributed by atoms with E-state index in [1.165, 1.54) is 0 Å². The Morgan fingerprint density at radius 3 is 2.58 bits per heavy atom. The molecule has 2 N–H and O–H groups in total. The van der Waals surface area contributed by atoms with E-state index < -0.39 is 0 Å². The van der Waals surface area contributed by atoms with Gasteiger partial charge in [0.1, 0.15) is 0 Å². The van der Waals surface area contributed by atoms with Gasteiger partial charge in [0, 0.05) is 17.6 Å². The lowest BCUT2D eigenvalue weighted by Crippen LogP contribution is -2.30. The molecule has 1 aromatic carbocycles. The number of rotatable bonds is 7. The quantitative estimate of drug-likeness (QED) is 0.830. The maximum absolute atomic E-state index is 6.03. The van der Waals surface area contributed by atoms with Gasteiger partial charge in [0.2, 0.25) is 0 Å². The van der Waals surface area contributed by atoms with Crippen molar-refractivity contribution in [2.24, 2.45) is 5.73 Å². The van der Waals surface area contributed by atoms with Crippen molar-refractivity contribution in [1.82, 2.24) is 0 Å². The number of methoxy groups -OCH3 is 1. The Morgan fingerprint density at radius 1 is 1.37 bits per heavy atom. The summed E-state index contributed by atoms with van der Waals surface area (Å²) in [7, 11) is 1.72. The van der Waals surface area contributed by atoms with Crippen LogP contribution in [0.2, 0.25) is 0 Å². The van der Waals surface area contributed by atoms with E-state index in [4.69, 9.17) is 15.2 Å². The highest BCUT2D eigenvalue weighted by molar-refractivity contribution is 9.10. The summed E-state index contributed by atoms with van der Waals surface area (Å²) >= 11 is 3.47. The Morgan fingerprint density at radius 2 is 2.05 bits per heavy atom. The first-order valence-electron chi connectivity index (χ1n) is 6.53. The number of hydrogen-bond donors (Lipinski definition) is 1. The minimum atomic E-state index is -0.167. The Hall–Kier alpha value is -0.420. The van der Waals surface area contributed by atoms with Gasteiger partial charge in [-0.05, 0) is 44.9 Å². The first-order valence-corrected chi connectivity index (χ1v) is 7.33. The average molecular weight is 330 g/mol. The number of nitrogens with two attached hydrogens (primary N) is 1. The van der Waals surface area contributed by atoms with Crippen LogP contribution in [0.15, 0.2) is 28.7 Å². The minimum Gasteiger partial charge on any atom is -0.379 e. The van der Waals surface area contributed by atoms with Gasteiger partial charge in [0.25, 0.3) is 0 Å². The lowest BCUT2D eigenvalue weighted by Gasteiger charge is -2.26. The molecule has 0 heterocycles. The van der Waals surface area contributed by atoms with Gasteiger partial charge in [-0.2, -0.15) is 0 Å². The number of benzene rings is 1. The molecule has 0 amide bonds. The van der Waals surface area contributed by atoms with Crippen LogP contribution >= 0.6 is 15.9 Å². The van der Waals surface area contributed by atoms with Gasteiger partial charge in [-0.25, -0.2) is 0 Å².